The Kier molecular flexibility index (Phi) is 3.68. The summed E-state index contributed by atoms with van der Waals surface area (Å²) in [5.41, 5.74) is 6.87. The highest BCUT2D eigenvalue weighted by atomic mass is 16.3. The third-order valence-electron chi connectivity index (χ3n) is 1.99. The number of hydrogen-bond donors (Lipinski definition) is 2. The van der Waals surface area contributed by atoms with E-state index in [9.17, 15) is 5.11 Å². The largest absolute Gasteiger partial charge is 0.387 e. The van der Waals surface area contributed by atoms with Crippen molar-refractivity contribution in [3.05, 3.63) is 48.6 Å². The predicted molar refractivity (Wildman–Crippen MR) is 54.3 cm³/mol. The molecule has 0 aliphatic heterocycles. The minimum atomic E-state index is -0.625. The van der Waals surface area contributed by atoms with Crippen molar-refractivity contribution in [2.75, 3.05) is 0 Å². The van der Waals surface area contributed by atoms with Gasteiger partial charge in [0.05, 0.1) is 6.10 Å². The molecule has 0 aliphatic carbocycles. The van der Waals surface area contributed by atoms with E-state index in [1.807, 2.05) is 30.3 Å². The molecule has 0 bridgehead atoms. The van der Waals surface area contributed by atoms with Crippen LogP contribution in [-0.2, 0) is 6.42 Å². The Balaban J connectivity index is 2.54. The van der Waals surface area contributed by atoms with Crippen molar-refractivity contribution in [1.82, 2.24) is 0 Å². The quantitative estimate of drug-likeness (QED) is 0.677. The molecule has 1 aromatic rings. The summed E-state index contributed by atoms with van der Waals surface area (Å²) in [6.45, 7) is 3.49. The third-order valence-corrected chi connectivity index (χ3v) is 1.99. The molecule has 0 spiro atoms. The van der Waals surface area contributed by atoms with E-state index in [4.69, 9.17) is 5.73 Å². The van der Waals surface area contributed by atoms with Gasteiger partial charge in [0, 0.05) is 6.04 Å². The van der Waals surface area contributed by atoms with Crippen LogP contribution in [0.5, 0.6) is 0 Å². The number of hydrogen-bond acceptors (Lipinski definition) is 2. The number of rotatable bonds is 4. The molecule has 0 saturated carbocycles. The van der Waals surface area contributed by atoms with Gasteiger partial charge in [0.15, 0.2) is 0 Å². The summed E-state index contributed by atoms with van der Waals surface area (Å²) in [5, 5.41) is 9.34. The maximum Gasteiger partial charge on any atom is 0.0872 e. The summed E-state index contributed by atoms with van der Waals surface area (Å²) >= 11 is 0. The fourth-order valence-electron chi connectivity index (χ4n) is 1.18. The number of benzene rings is 1. The number of nitrogens with two attached hydrogens (primary N) is 1. The average Bonchev–Trinajstić information content (AvgIpc) is 2.18. The van der Waals surface area contributed by atoms with Crippen LogP contribution in [0.25, 0.3) is 0 Å². The van der Waals surface area contributed by atoms with Gasteiger partial charge in [0.25, 0.3) is 0 Å². The van der Waals surface area contributed by atoms with E-state index in [0.29, 0.717) is 6.42 Å². The minimum absolute atomic E-state index is 0.264. The topological polar surface area (TPSA) is 46.2 Å². The minimum Gasteiger partial charge on any atom is -0.387 e. The summed E-state index contributed by atoms with van der Waals surface area (Å²) in [7, 11) is 0. The van der Waals surface area contributed by atoms with Crippen LogP contribution < -0.4 is 5.73 Å². The molecule has 0 fully saturated rings. The standard InChI is InChI=1S/C11H15NO/c1-2-11(13)10(12)8-9-6-4-3-5-7-9/h2-7,10-11,13H,1,8,12H2/t10-,11+/m0/s1. The predicted octanol–water partition coefficient (Wildman–Crippen LogP) is 1.10. The van der Waals surface area contributed by atoms with Gasteiger partial charge in [-0.15, -0.1) is 6.58 Å². The van der Waals surface area contributed by atoms with Crippen LogP contribution in [0.15, 0.2) is 43.0 Å². The van der Waals surface area contributed by atoms with E-state index in [1.54, 1.807) is 0 Å². The highest BCUT2D eigenvalue weighted by Gasteiger charge is 2.10. The van der Waals surface area contributed by atoms with E-state index in [-0.39, 0.29) is 6.04 Å². The van der Waals surface area contributed by atoms with Gasteiger partial charge in [-0.2, -0.15) is 0 Å². The number of aliphatic hydroxyl groups is 1. The molecule has 0 unspecified atom stereocenters. The Morgan fingerprint density at radius 3 is 2.54 bits per heavy atom. The second-order valence-corrected chi connectivity index (χ2v) is 3.08. The zero-order valence-electron chi connectivity index (χ0n) is 7.56. The second-order valence-electron chi connectivity index (χ2n) is 3.08. The molecule has 70 valence electrons. The Morgan fingerprint density at radius 2 is 2.00 bits per heavy atom. The highest BCUT2D eigenvalue weighted by Crippen LogP contribution is 2.04. The Bertz CT molecular complexity index is 258. The first-order chi connectivity index (χ1) is 6.24. The summed E-state index contributed by atoms with van der Waals surface area (Å²) in [4.78, 5) is 0. The molecule has 3 N–H and O–H groups in total. The van der Waals surface area contributed by atoms with Gasteiger partial charge in [-0.3, -0.25) is 0 Å². The van der Waals surface area contributed by atoms with E-state index in [1.165, 1.54) is 6.08 Å². The van der Waals surface area contributed by atoms with Crippen molar-refractivity contribution in [3.63, 3.8) is 0 Å². The van der Waals surface area contributed by atoms with Crippen LogP contribution >= 0.6 is 0 Å². The average molecular weight is 177 g/mol. The van der Waals surface area contributed by atoms with E-state index in [2.05, 4.69) is 6.58 Å². The molecule has 2 nitrogen and oxygen atoms in total. The lowest BCUT2D eigenvalue weighted by Gasteiger charge is -2.14. The highest BCUT2D eigenvalue weighted by molar-refractivity contribution is 5.16. The first-order valence-corrected chi connectivity index (χ1v) is 4.34. The SMILES string of the molecule is C=C[C@@H](O)[C@@H](N)Cc1ccccc1. The van der Waals surface area contributed by atoms with Gasteiger partial charge < -0.3 is 10.8 Å². The van der Waals surface area contributed by atoms with Gasteiger partial charge in [-0.05, 0) is 12.0 Å². The fraction of sp³-hybridized carbons (Fsp3) is 0.273. The van der Waals surface area contributed by atoms with E-state index >= 15 is 0 Å². The molecule has 0 saturated heterocycles. The molecule has 1 aromatic carbocycles. The molecule has 0 amide bonds. The zero-order valence-corrected chi connectivity index (χ0v) is 7.56. The molecular weight excluding hydrogens is 162 g/mol. The van der Waals surface area contributed by atoms with Gasteiger partial charge in [0.1, 0.15) is 0 Å². The van der Waals surface area contributed by atoms with Crippen LogP contribution in [0.2, 0.25) is 0 Å². The summed E-state index contributed by atoms with van der Waals surface area (Å²) < 4.78 is 0. The van der Waals surface area contributed by atoms with Gasteiger partial charge in [0.2, 0.25) is 0 Å². The van der Waals surface area contributed by atoms with Crippen LogP contribution in [-0.4, -0.2) is 17.3 Å². The Hall–Kier alpha value is -1.12. The first-order valence-electron chi connectivity index (χ1n) is 4.34. The van der Waals surface area contributed by atoms with Gasteiger partial charge in [-0.25, -0.2) is 0 Å². The second kappa shape index (κ2) is 4.80. The molecule has 2 heteroatoms. The van der Waals surface area contributed by atoms with Crippen molar-refractivity contribution in [2.45, 2.75) is 18.6 Å². The Labute approximate surface area is 78.7 Å². The summed E-state index contributed by atoms with van der Waals surface area (Å²) in [6, 6.07) is 9.61. The summed E-state index contributed by atoms with van der Waals surface area (Å²) in [6.07, 6.45) is 1.52. The lowest BCUT2D eigenvalue weighted by Crippen LogP contribution is -2.35. The first kappa shape index (κ1) is 9.96. The molecule has 0 aromatic heterocycles. The molecular formula is C11H15NO. The summed E-state index contributed by atoms with van der Waals surface area (Å²) in [5.74, 6) is 0. The maximum atomic E-state index is 9.34. The number of aliphatic hydroxyl groups excluding tert-OH is 1. The monoisotopic (exact) mass is 177 g/mol. The van der Waals surface area contributed by atoms with Crippen molar-refractivity contribution >= 4 is 0 Å². The molecule has 0 aliphatic rings. The van der Waals surface area contributed by atoms with Crippen molar-refractivity contribution in [2.24, 2.45) is 5.73 Å². The normalized spacial score (nSPS) is 14.9. The Morgan fingerprint density at radius 1 is 1.38 bits per heavy atom. The molecule has 0 radical (unpaired) electrons. The lowest BCUT2D eigenvalue weighted by molar-refractivity contribution is 0.191. The maximum absolute atomic E-state index is 9.34. The smallest absolute Gasteiger partial charge is 0.0872 e. The van der Waals surface area contributed by atoms with Crippen molar-refractivity contribution < 1.29 is 5.11 Å². The fourth-order valence-corrected chi connectivity index (χ4v) is 1.18. The third kappa shape index (κ3) is 3.01. The zero-order chi connectivity index (χ0) is 9.68. The van der Waals surface area contributed by atoms with Crippen LogP contribution in [0.3, 0.4) is 0 Å². The van der Waals surface area contributed by atoms with E-state index in [0.717, 1.165) is 5.56 Å². The van der Waals surface area contributed by atoms with Crippen LogP contribution in [0.4, 0.5) is 0 Å². The van der Waals surface area contributed by atoms with Crippen LogP contribution in [0, 0.1) is 0 Å². The van der Waals surface area contributed by atoms with Crippen LogP contribution in [0.1, 0.15) is 5.56 Å². The van der Waals surface area contributed by atoms with E-state index < -0.39 is 6.10 Å². The molecule has 13 heavy (non-hydrogen) atoms. The van der Waals surface area contributed by atoms with Gasteiger partial charge in [-0.1, -0.05) is 36.4 Å². The molecule has 0 heterocycles. The van der Waals surface area contributed by atoms with Gasteiger partial charge >= 0.3 is 0 Å². The van der Waals surface area contributed by atoms with Crippen molar-refractivity contribution in [3.8, 4) is 0 Å². The van der Waals surface area contributed by atoms with Crippen molar-refractivity contribution in [1.29, 1.82) is 0 Å². The molecule has 2 atom stereocenters. The molecule has 1 rings (SSSR count). The lowest BCUT2D eigenvalue weighted by atomic mass is 10.0.